The summed E-state index contributed by atoms with van der Waals surface area (Å²) in [6.45, 7) is 6.17. The molecular formula is C11H14N4. The van der Waals surface area contributed by atoms with Gasteiger partial charge in [0, 0.05) is 23.6 Å². The molecule has 0 fully saturated rings. The van der Waals surface area contributed by atoms with Crippen LogP contribution in [0.2, 0.25) is 0 Å². The Labute approximate surface area is 88.8 Å². The molecule has 15 heavy (non-hydrogen) atoms. The van der Waals surface area contributed by atoms with Crippen molar-refractivity contribution in [3.05, 3.63) is 24.3 Å². The smallest absolute Gasteiger partial charge is 0.164 e. The summed E-state index contributed by atoms with van der Waals surface area (Å²) in [6.07, 6.45) is 3.31. The van der Waals surface area contributed by atoms with Crippen LogP contribution in [0, 0.1) is 6.92 Å². The van der Waals surface area contributed by atoms with E-state index in [-0.39, 0.29) is 0 Å². The molecule has 0 saturated heterocycles. The largest absolute Gasteiger partial charge is 0.382 e. The highest BCUT2D eigenvalue weighted by Crippen LogP contribution is 2.21. The number of aryl methyl sites for hydroxylation is 1. The van der Waals surface area contributed by atoms with Gasteiger partial charge in [-0.3, -0.25) is 0 Å². The van der Waals surface area contributed by atoms with Crippen LogP contribution in [-0.2, 0) is 0 Å². The summed E-state index contributed by atoms with van der Waals surface area (Å²) in [5.74, 6) is 0. The Morgan fingerprint density at radius 3 is 2.87 bits per heavy atom. The van der Waals surface area contributed by atoms with E-state index < -0.39 is 0 Å². The monoisotopic (exact) mass is 202 g/mol. The van der Waals surface area contributed by atoms with Gasteiger partial charge in [0.15, 0.2) is 5.65 Å². The van der Waals surface area contributed by atoms with E-state index in [9.17, 15) is 0 Å². The Bertz CT molecular complexity index is 479. The van der Waals surface area contributed by atoms with Crippen molar-refractivity contribution < 1.29 is 0 Å². The summed E-state index contributed by atoms with van der Waals surface area (Å²) in [7, 11) is 0. The molecule has 0 spiro atoms. The third kappa shape index (κ3) is 2.03. The summed E-state index contributed by atoms with van der Waals surface area (Å²) in [4.78, 5) is 12.5. The first-order valence-electron chi connectivity index (χ1n) is 5.00. The van der Waals surface area contributed by atoms with Crippen molar-refractivity contribution in [1.82, 2.24) is 15.0 Å². The van der Waals surface area contributed by atoms with E-state index in [4.69, 9.17) is 0 Å². The lowest BCUT2D eigenvalue weighted by Crippen LogP contribution is -2.10. The van der Waals surface area contributed by atoms with Crippen molar-refractivity contribution >= 4 is 16.7 Å². The topological polar surface area (TPSA) is 50.7 Å². The Kier molecular flexibility index (Phi) is 2.49. The van der Waals surface area contributed by atoms with E-state index in [0.717, 1.165) is 22.4 Å². The molecular weight excluding hydrogens is 188 g/mol. The molecule has 4 heteroatoms. The Hall–Kier alpha value is -1.71. The molecule has 0 unspecified atom stereocenters. The third-order valence-electron chi connectivity index (χ3n) is 2.06. The zero-order valence-electron chi connectivity index (χ0n) is 9.15. The van der Waals surface area contributed by atoms with Gasteiger partial charge in [-0.1, -0.05) is 0 Å². The van der Waals surface area contributed by atoms with Crippen LogP contribution in [0.4, 0.5) is 5.69 Å². The second kappa shape index (κ2) is 3.81. The van der Waals surface area contributed by atoms with Crippen molar-refractivity contribution in [2.24, 2.45) is 0 Å². The van der Waals surface area contributed by atoms with E-state index in [1.54, 1.807) is 6.20 Å². The van der Waals surface area contributed by atoms with E-state index in [0.29, 0.717) is 6.04 Å². The molecule has 0 aromatic carbocycles. The lowest BCUT2D eigenvalue weighted by molar-refractivity contribution is 0.900. The maximum atomic E-state index is 4.35. The van der Waals surface area contributed by atoms with Crippen LogP contribution >= 0.6 is 0 Å². The number of pyridine rings is 1. The molecule has 0 bridgehead atoms. The molecule has 0 atom stereocenters. The number of aromatic nitrogens is 3. The first kappa shape index (κ1) is 9.83. The van der Waals surface area contributed by atoms with Crippen LogP contribution in [0.25, 0.3) is 11.0 Å². The van der Waals surface area contributed by atoms with Gasteiger partial charge in [-0.15, -0.1) is 0 Å². The van der Waals surface area contributed by atoms with Gasteiger partial charge < -0.3 is 5.32 Å². The summed E-state index contributed by atoms with van der Waals surface area (Å²) < 4.78 is 0. The number of nitrogens with zero attached hydrogens (tertiary/aromatic N) is 3. The number of nitrogens with one attached hydrogen (secondary N) is 1. The fourth-order valence-electron chi connectivity index (χ4n) is 1.52. The zero-order valence-corrected chi connectivity index (χ0v) is 9.15. The van der Waals surface area contributed by atoms with Crippen molar-refractivity contribution in [3.63, 3.8) is 0 Å². The minimum absolute atomic E-state index is 0.384. The zero-order chi connectivity index (χ0) is 10.8. The normalized spacial score (nSPS) is 10.9. The minimum Gasteiger partial charge on any atom is -0.382 e. The summed E-state index contributed by atoms with van der Waals surface area (Å²) >= 11 is 0. The molecule has 0 radical (unpaired) electrons. The standard InChI is InChI=1S/C11H14N4/c1-7(2)14-10-4-8(3)15-11-9(10)5-12-6-13-11/h4-7H,1-3H3,(H,12,13,14,15). The van der Waals surface area contributed by atoms with Gasteiger partial charge in [-0.25, -0.2) is 15.0 Å². The molecule has 1 N–H and O–H groups in total. The summed E-state index contributed by atoms with van der Waals surface area (Å²) in [5, 5.41) is 4.34. The van der Waals surface area contributed by atoms with Gasteiger partial charge in [0.2, 0.25) is 0 Å². The second-order valence-corrected chi connectivity index (χ2v) is 3.87. The fourth-order valence-corrected chi connectivity index (χ4v) is 1.52. The number of hydrogen-bond donors (Lipinski definition) is 1. The van der Waals surface area contributed by atoms with E-state index >= 15 is 0 Å². The molecule has 0 amide bonds. The molecule has 2 rings (SSSR count). The molecule has 78 valence electrons. The molecule has 0 aliphatic carbocycles. The SMILES string of the molecule is Cc1cc(NC(C)C)c2cncnc2n1. The van der Waals surface area contributed by atoms with E-state index in [1.165, 1.54) is 6.33 Å². The van der Waals surface area contributed by atoms with Crippen molar-refractivity contribution in [3.8, 4) is 0 Å². The Balaban J connectivity index is 2.60. The van der Waals surface area contributed by atoms with E-state index in [2.05, 4.69) is 34.1 Å². The van der Waals surface area contributed by atoms with Gasteiger partial charge in [0.1, 0.15) is 6.33 Å². The predicted molar refractivity (Wildman–Crippen MR) is 60.8 cm³/mol. The van der Waals surface area contributed by atoms with Crippen molar-refractivity contribution in [1.29, 1.82) is 0 Å². The van der Waals surface area contributed by atoms with Crippen LogP contribution < -0.4 is 5.32 Å². The molecule has 4 nitrogen and oxygen atoms in total. The molecule has 2 aromatic rings. The first-order valence-corrected chi connectivity index (χ1v) is 5.00. The lowest BCUT2D eigenvalue weighted by Gasteiger charge is -2.12. The molecule has 0 aliphatic rings. The number of anilines is 1. The highest BCUT2D eigenvalue weighted by atomic mass is 15.0. The number of rotatable bonds is 2. The first-order chi connectivity index (χ1) is 7.16. The molecule has 2 aromatic heterocycles. The van der Waals surface area contributed by atoms with Gasteiger partial charge in [0.25, 0.3) is 0 Å². The summed E-state index contributed by atoms with van der Waals surface area (Å²) in [6, 6.07) is 2.40. The van der Waals surface area contributed by atoms with Crippen molar-refractivity contribution in [2.45, 2.75) is 26.8 Å². The minimum atomic E-state index is 0.384. The second-order valence-electron chi connectivity index (χ2n) is 3.87. The average molecular weight is 202 g/mol. The lowest BCUT2D eigenvalue weighted by atomic mass is 10.2. The fraction of sp³-hybridized carbons (Fsp3) is 0.364. The molecule has 0 saturated carbocycles. The Morgan fingerprint density at radius 2 is 2.13 bits per heavy atom. The van der Waals surface area contributed by atoms with Crippen LogP contribution in [0.3, 0.4) is 0 Å². The van der Waals surface area contributed by atoms with Gasteiger partial charge >= 0.3 is 0 Å². The maximum absolute atomic E-state index is 4.35. The molecule has 0 aliphatic heterocycles. The van der Waals surface area contributed by atoms with Crippen molar-refractivity contribution in [2.75, 3.05) is 5.32 Å². The highest BCUT2D eigenvalue weighted by molar-refractivity contribution is 5.88. The van der Waals surface area contributed by atoms with Crippen LogP contribution in [0.1, 0.15) is 19.5 Å². The van der Waals surface area contributed by atoms with Crippen LogP contribution in [0.5, 0.6) is 0 Å². The Morgan fingerprint density at radius 1 is 1.33 bits per heavy atom. The molecule has 2 heterocycles. The predicted octanol–water partition coefficient (Wildman–Crippen LogP) is 2.15. The number of hydrogen-bond acceptors (Lipinski definition) is 4. The third-order valence-corrected chi connectivity index (χ3v) is 2.06. The van der Waals surface area contributed by atoms with Crippen LogP contribution in [0.15, 0.2) is 18.6 Å². The van der Waals surface area contributed by atoms with Gasteiger partial charge in [-0.05, 0) is 26.8 Å². The quantitative estimate of drug-likeness (QED) is 0.810. The highest BCUT2D eigenvalue weighted by Gasteiger charge is 2.05. The maximum Gasteiger partial charge on any atom is 0.164 e. The average Bonchev–Trinajstić information content (AvgIpc) is 2.16. The summed E-state index contributed by atoms with van der Waals surface area (Å²) in [5.41, 5.74) is 2.76. The van der Waals surface area contributed by atoms with Gasteiger partial charge in [-0.2, -0.15) is 0 Å². The van der Waals surface area contributed by atoms with E-state index in [1.807, 2.05) is 13.0 Å². The van der Waals surface area contributed by atoms with Crippen LogP contribution in [-0.4, -0.2) is 21.0 Å². The number of fused-ring (bicyclic) bond motifs is 1. The van der Waals surface area contributed by atoms with Gasteiger partial charge in [0.05, 0.1) is 5.39 Å².